The van der Waals surface area contributed by atoms with E-state index in [1.807, 2.05) is 0 Å². The monoisotopic (exact) mass is 229 g/mol. The van der Waals surface area contributed by atoms with Gasteiger partial charge in [-0.3, -0.25) is 0 Å². The van der Waals surface area contributed by atoms with Crippen LogP contribution in [0.5, 0.6) is 0 Å². The van der Waals surface area contributed by atoms with Crippen LogP contribution in [0.1, 0.15) is 33.1 Å². The van der Waals surface area contributed by atoms with Crippen LogP contribution in [0.3, 0.4) is 0 Å². The minimum absolute atomic E-state index is 0.294. The van der Waals surface area contributed by atoms with E-state index in [-0.39, 0.29) is 0 Å². The third-order valence-corrected chi connectivity index (χ3v) is 3.65. The molecule has 0 aromatic rings. The van der Waals surface area contributed by atoms with E-state index in [4.69, 9.17) is 4.74 Å². The van der Waals surface area contributed by atoms with Crippen LogP contribution >= 0.6 is 0 Å². The fraction of sp³-hybridized carbons (Fsp3) is 1.00. The number of aliphatic hydroxyl groups excluding tert-OH is 1. The number of aliphatic hydroxyl groups is 1. The average Bonchev–Trinajstić information content (AvgIpc) is 2.30. The van der Waals surface area contributed by atoms with Gasteiger partial charge >= 0.3 is 0 Å². The Balaban J connectivity index is 2.01. The molecule has 0 radical (unpaired) electrons. The van der Waals surface area contributed by atoms with E-state index in [0.717, 1.165) is 32.2 Å². The summed E-state index contributed by atoms with van der Waals surface area (Å²) in [6.07, 6.45) is 3.68. The summed E-state index contributed by atoms with van der Waals surface area (Å²) in [6, 6.07) is 0. The second kappa shape index (κ2) is 8.04. The standard InChI is InChI=1S/C13H27NO2/c1-11(2)13(10-15)9-14-6-3-12-4-7-16-8-5-12/h11-15H,3-10H2,1-2H3. The van der Waals surface area contributed by atoms with E-state index in [0.29, 0.717) is 18.4 Å². The van der Waals surface area contributed by atoms with Crippen molar-refractivity contribution in [2.75, 3.05) is 32.9 Å². The zero-order chi connectivity index (χ0) is 11.8. The second-order valence-electron chi connectivity index (χ2n) is 5.24. The first kappa shape index (κ1) is 13.9. The molecule has 1 heterocycles. The van der Waals surface area contributed by atoms with Crippen LogP contribution in [-0.2, 0) is 4.74 Å². The Bertz CT molecular complexity index is 167. The number of ether oxygens (including phenoxy) is 1. The van der Waals surface area contributed by atoms with Crippen molar-refractivity contribution in [1.29, 1.82) is 0 Å². The third kappa shape index (κ3) is 5.28. The average molecular weight is 229 g/mol. The van der Waals surface area contributed by atoms with E-state index in [2.05, 4.69) is 19.2 Å². The molecular weight excluding hydrogens is 202 g/mol. The van der Waals surface area contributed by atoms with Gasteiger partial charge in [0.25, 0.3) is 0 Å². The van der Waals surface area contributed by atoms with Crippen molar-refractivity contribution in [3.63, 3.8) is 0 Å². The molecule has 96 valence electrons. The lowest BCUT2D eigenvalue weighted by molar-refractivity contribution is 0.0637. The molecule has 1 aliphatic rings. The fourth-order valence-electron chi connectivity index (χ4n) is 2.14. The number of rotatable bonds is 7. The second-order valence-corrected chi connectivity index (χ2v) is 5.24. The summed E-state index contributed by atoms with van der Waals surface area (Å²) in [5.41, 5.74) is 0. The van der Waals surface area contributed by atoms with Gasteiger partial charge in [-0.1, -0.05) is 13.8 Å². The van der Waals surface area contributed by atoms with Crippen LogP contribution < -0.4 is 5.32 Å². The smallest absolute Gasteiger partial charge is 0.0473 e. The summed E-state index contributed by atoms with van der Waals surface area (Å²) in [5.74, 6) is 1.79. The minimum atomic E-state index is 0.294. The van der Waals surface area contributed by atoms with E-state index < -0.39 is 0 Å². The molecule has 0 saturated carbocycles. The maximum absolute atomic E-state index is 9.19. The number of hydrogen-bond acceptors (Lipinski definition) is 3. The molecule has 1 rings (SSSR count). The molecule has 1 fully saturated rings. The van der Waals surface area contributed by atoms with Gasteiger partial charge in [0, 0.05) is 26.4 Å². The molecule has 1 aliphatic heterocycles. The first-order valence-corrected chi connectivity index (χ1v) is 6.63. The molecule has 2 N–H and O–H groups in total. The highest BCUT2D eigenvalue weighted by atomic mass is 16.5. The van der Waals surface area contributed by atoms with Gasteiger partial charge in [-0.25, -0.2) is 0 Å². The lowest BCUT2D eigenvalue weighted by Crippen LogP contribution is -2.30. The van der Waals surface area contributed by atoms with Crippen molar-refractivity contribution in [3.05, 3.63) is 0 Å². The van der Waals surface area contributed by atoms with Crippen LogP contribution in [0.2, 0.25) is 0 Å². The number of nitrogens with one attached hydrogen (secondary N) is 1. The van der Waals surface area contributed by atoms with E-state index in [1.165, 1.54) is 19.3 Å². The Morgan fingerprint density at radius 1 is 1.31 bits per heavy atom. The molecule has 0 aromatic carbocycles. The lowest BCUT2D eigenvalue weighted by atomic mass is 9.95. The molecular formula is C13H27NO2. The Hall–Kier alpha value is -0.120. The summed E-state index contributed by atoms with van der Waals surface area (Å²) in [4.78, 5) is 0. The SMILES string of the molecule is CC(C)C(CO)CNCCC1CCOCC1. The first-order valence-electron chi connectivity index (χ1n) is 6.63. The van der Waals surface area contributed by atoms with Gasteiger partial charge in [0.05, 0.1) is 0 Å². The van der Waals surface area contributed by atoms with Crippen LogP contribution in [-0.4, -0.2) is 38.0 Å². The van der Waals surface area contributed by atoms with E-state index in [1.54, 1.807) is 0 Å². The zero-order valence-electron chi connectivity index (χ0n) is 10.7. The Morgan fingerprint density at radius 3 is 2.56 bits per heavy atom. The highest BCUT2D eigenvalue weighted by molar-refractivity contribution is 4.68. The van der Waals surface area contributed by atoms with Gasteiger partial charge in [0.1, 0.15) is 0 Å². The van der Waals surface area contributed by atoms with Gasteiger partial charge in [-0.05, 0) is 43.6 Å². The molecule has 16 heavy (non-hydrogen) atoms. The molecule has 1 atom stereocenters. The highest BCUT2D eigenvalue weighted by Crippen LogP contribution is 2.17. The van der Waals surface area contributed by atoms with Crippen molar-refractivity contribution in [1.82, 2.24) is 5.32 Å². The van der Waals surface area contributed by atoms with Crippen molar-refractivity contribution in [2.24, 2.45) is 17.8 Å². The first-order chi connectivity index (χ1) is 7.74. The number of hydrogen-bond donors (Lipinski definition) is 2. The molecule has 0 bridgehead atoms. The van der Waals surface area contributed by atoms with Crippen molar-refractivity contribution in [2.45, 2.75) is 33.1 Å². The Morgan fingerprint density at radius 2 is 2.00 bits per heavy atom. The quantitative estimate of drug-likeness (QED) is 0.652. The molecule has 3 nitrogen and oxygen atoms in total. The molecule has 0 amide bonds. The summed E-state index contributed by atoms with van der Waals surface area (Å²) in [5, 5.41) is 12.7. The summed E-state index contributed by atoms with van der Waals surface area (Å²) < 4.78 is 5.34. The summed E-state index contributed by atoms with van der Waals surface area (Å²) >= 11 is 0. The van der Waals surface area contributed by atoms with Gasteiger partial charge in [-0.15, -0.1) is 0 Å². The topological polar surface area (TPSA) is 41.5 Å². The molecule has 0 aromatic heterocycles. The largest absolute Gasteiger partial charge is 0.396 e. The van der Waals surface area contributed by atoms with Crippen LogP contribution in [0.25, 0.3) is 0 Å². The van der Waals surface area contributed by atoms with Gasteiger partial charge in [-0.2, -0.15) is 0 Å². The van der Waals surface area contributed by atoms with Gasteiger partial charge in [0.15, 0.2) is 0 Å². The van der Waals surface area contributed by atoms with Gasteiger partial charge in [0.2, 0.25) is 0 Å². The maximum atomic E-state index is 9.19. The van der Waals surface area contributed by atoms with Crippen LogP contribution in [0.15, 0.2) is 0 Å². The molecule has 1 saturated heterocycles. The van der Waals surface area contributed by atoms with Crippen LogP contribution in [0.4, 0.5) is 0 Å². The molecule has 0 spiro atoms. The highest BCUT2D eigenvalue weighted by Gasteiger charge is 2.14. The van der Waals surface area contributed by atoms with E-state index >= 15 is 0 Å². The molecule has 0 aliphatic carbocycles. The predicted molar refractivity (Wildman–Crippen MR) is 66.4 cm³/mol. The molecule has 3 heteroatoms. The fourth-order valence-corrected chi connectivity index (χ4v) is 2.14. The van der Waals surface area contributed by atoms with Crippen molar-refractivity contribution < 1.29 is 9.84 Å². The normalized spacial score (nSPS) is 20.2. The van der Waals surface area contributed by atoms with Crippen LogP contribution in [0, 0.1) is 17.8 Å². The Labute approximate surface area is 99.6 Å². The van der Waals surface area contributed by atoms with Crippen molar-refractivity contribution in [3.8, 4) is 0 Å². The third-order valence-electron chi connectivity index (χ3n) is 3.65. The van der Waals surface area contributed by atoms with Gasteiger partial charge < -0.3 is 15.2 Å². The Kier molecular flexibility index (Phi) is 7.01. The summed E-state index contributed by atoms with van der Waals surface area (Å²) in [6.45, 7) is 8.53. The lowest BCUT2D eigenvalue weighted by Gasteiger charge is -2.23. The minimum Gasteiger partial charge on any atom is -0.396 e. The summed E-state index contributed by atoms with van der Waals surface area (Å²) in [7, 11) is 0. The van der Waals surface area contributed by atoms with E-state index in [9.17, 15) is 5.11 Å². The van der Waals surface area contributed by atoms with Crippen molar-refractivity contribution >= 4 is 0 Å². The zero-order valence-corrected chi connectivity index (χ0v) is 10.7. The predicted octanol–water partition coefficient (Wildman–Crippen LogP) is 1.66. The maximum Gasteiger partial charge on any atom is 0.0473 e. The molecule has 1 unspecified atom stereocenters.